The zero-order valence-electron chi connectivity index (χ0n) is 9.37. The Morgan fingerprint density at radius 1 is 0.824 bits per heavy atom. The summed E-state index contributed by atoms with van der Waals surface area (Å²) in [6, 6.07) is 19.3. The molecule has 0 fully saturated rings. The van der Waals surface area contributed by atoms with Gasteiger partial charge >= 0.3 is 5.97 Å². The molecule has 0 saturated carbocycles. The van der Waals surface area contributed by atoms with E-state index in [9.17, 15) is 9.90 Å². The predicted molar refractivity (Wildman–Crippen MR) is 65.0 cm³/mol. The van der Waals surface area contributed by atoms with Gasteiger partial charge in [-0.3, -0.25) is 0 Å². The van der Waals surface area contributed by atoms with Crippen molar-refractivity contribution in [3.8, 4) is 0 Å². The molecule has 0 aliphatic heterocycles. The van der Waals surface area contributed by atoms with Crippen molar-refractivity contribution in [1.82, 2.24) is 0 Å². The van der Waals surface area contributed by atoms with Crippen LogP contribution in [0.15, 0.2) is 60.7 Å². The van der Waals surface area contributed by atoms with Crippen molar-refractivity contribution in [2.45, 2.75) is 12.3 Å². The zero-order valence-corrected chi connectivity index (χ0v) is 9.37. The summed E-state index contributed by atoms with van der Waals surface area (Å²) in [5.41, 5.74) is 2.01. The second-order valence-corrected chi connectivity index (χ2v) is 3.95. The summed E-state index contributed by atoms with van der Waals surface area (Å²) in [6.07, 6.45) is 0.00796. The quantitative estimate of drug-likeness (QED) is 0.787. The molecule has 17 heavy (non-hydrogen) atoms. The first kappa shape index (κ1) is 11.4. The molecule has 2 aromatic rings. The predicted octanol–water partition coefficient (Wildman–Crippen LogP) is 3.17. The molecule has 0 aliphatic carbocycles. The minimum Gasteiger partial charge on any atom is -0.247 e. The molecule has 2 aromatic carbocycles. The molecule has 0 heterocycles. The Balaban J connectivity index is 2.36. The summed E-state index contributed by atoms with van der Waals surface area (Å²) in [6.45, 7) is 0. The van der Waals surface area contributed by atoms with Gasteiger partial charge in [-0.2, -0.15) is 0 Å². The molecule has 0 aliphatic rings. The monoisotopic (exact) mass is 225 g/mol. The summed E-state index contributed by atoms with van der Waals surface area (Å²) < 4.78 is 0. The minimum atomic E-state index is -1.03. The van der Waals surface area contributed by atoms with Crippen LogP contribution in [-0.2, 0) is 9.90 Å². The number of hydrogen-bond donors (Lipinski definition) is 0. The highest BCUT2D eigenvalue weighted by Gasteiger charge is 2.18. The maximum atomic E-state index is 10.8. The molecule has 2 nitrogen and oxygen atoms in total. The molecule has 2 heteroatoms. The third-order valence-corrected chi connectivity index (χ3v) is 2.77. The maximum absolute atomic E-state index is 10.8. The Labute approximate surface area is 101 Å². The SMILES string of the molecule is [O]C(=O)CC(c1ccccc1)c1ccccc1. The van der Waals surface area contributed by atoms with Gasteiger partial charge in [-0.05, 0) is 11.1 Å². The second-order valence-electron chi connectivity index (χ2n) is 3.95. The van der Waals surface area contributed by atoms with E-state index in [0.29, 0.717) is 0 Å². The van der Waals surface area contributed by atoms with Crippen molar-refractivity contribution in [2.24, 2.45) is 0 Å². The van der Waals surface area contributed by atoms with Crippen LogP contribution < -0.4 is 0 Å². The molecule has 0 saturated heterocycles. The highest BCUT2D eigenvalue weighted by molar-refractivity contribution is 5.68. The smallest absolute Gasteiger partial charge is 0.247 e. The summed E-state index contributed by atoms with van der Waals surface area (Å²) >= 11 is 0. The molecule has 0 amide bonds. The maximum Gasteiger partial charge on any atom is 0.356 e. The van der Waals surface area contributed by atoms with E-state index >= 15 is 0 Å². The minimum absolute atomic E-state index is 0.00796. The lowest BCUT2D eigenvalue weighted by Crippen LogP contribution is -2.06. The van der Waals surface area contributed by atoms with Crippen LogP contribution in [0.1, 0.15) is 23.5 Å². The molecule has 1 radical (unpaired) electrons. The van der Waals surface area contributed by atoms with Crippen LogP contribution in [0, 0.1) is 0 Å². The fourth-order valence-corrected chi connectivity index (χ4v) is 1.97. The average Bonchev–Trinajstić information content (AvgIpc) is 2.38. The van der Waals surface area contributed by atoms with Crippen molar-refractivity contribution in [3.05, 3.63) is 71.8 Å². The molecule has 0 aromatic heterocycles. The van der Waals surface area contributed by atoms with Crippen LogP contribution in [0.2, 0.25) is 0 Å². The number of benzene rings is 2. The lowest BCUT2D eigenvalue weighted by Gasteiger charge is -2.15. The van der Waals surface area contributed by atoms with E-state index < -0.39 is 5.97 Å². The first-order valence-electron chi connectivity index (χ1n) is 5.57. The Morgan fingerprint density at radius 2 is 1.24 bits per heavy atom. The first-order chi connectivity index (χ1) is 8.27. The Kier molecular flexibility index (Phi) is 3.55. The van der Waals surface area contributed by atoms with E-state index in [1.807, 2.05) is 60.7 Å². The van der Waals surface area contributed by atoms with Gasteiger partial charge in [0, 0.05) is 5.92 Å². The number of rotatable bonds is 4. The standard InChI is InChI=1S/C15H13O2/c16-15(17)11-14(12-7-3-1-4-8-12)13-9-5-2-6-10-13/h1-10,14H,11H2. The summed E-state index contributed by atoms with van der Waals surface area (Å²) in [4.78, 5) is 10.8. The van der Waals surface area contributed by atoms with Crippen LogP contribution in [0.25, 0.3) is 0 Å². The summed E-state index contributed by atoms with van der Waals surface area (Å²) in [7, 11) is 0. The van der Waals surface area contributed by atoms with E-state index in [2.05, 4.69) is 0 Å². The molecule has 0 N–H and O–H groups in total. The normalized spacial score (nSPS) is 10.4. The molecular formula is C15H13O2. The third kappa shape index (κ3) is 2.94. The van der Waals surface area contributed by atoms with Gasteiger partial charge in [-0.25, -0.2) is 9.90 Å². The van der Waals surface area contributed by atoms with Crippen LogP contribution in [0.4, 0.5) is 0 Å². The van der Waals surface area contributed by atoms with Gasteiger partial charge in [-0.15, -0.1) is 0 Å². The molecular weight excluding hydrogens is 212 g/mol. The van der Waals surface area contributed by atoms with Gasteiger partial charge < -0.3 is 0 Å². The van der Waals surface area contributed by atoms with E-state index in [-0.39, 0.29) is 12.3 Å². The van der Waals surface area contributed by atoms with Gasteiger partial charge in [0.25, 0.3) is 0 Å². The van der Waals surface area contributed by atoms with E-state index in [4.69, 9.17) is 0 Å². The van der Waals surface area contributed by atoms with Crippen molar-refractivity contribution >= 4 is 5.97 Å². The van der Waals surface area contributed by atoms with Gasteiger partial charge in [0.2, 0.25) is 0 Å². The second kappa shape index (κ2) is 5.30. The fraction of sp³-hybridized carbons (Fsp3) is 0.133. The Bertz CT molecular complexity index is 437. The third-order valence-electron chi connectivity index (χ3n) is 2.77. The lowest BCUT2D eigenvalue weighted by atomic mass is 9.89. The molecule has 0 unspecified atom stereocenters. The topological polar surface area (TPSA) is 37.0 Å². The molecule has 0 spiro atoms. The molecule has 85 valence electrons. The average molecular weight is 225 g/mol. The van der Waals surface area contributed by atoms with Gasteiger partial charge in [0.1, 0.15) is 0 Å². The van der Waals surface area contributed by atoms with E-state index in [1.54, 1.807) is 0 Å². The molecule has 0 atom stereocenters. The van der Waals surface area contributed by atoms with Gasteiger partial charge in [0.15, 0.2) is 0 Å². The number of carbonyl (C=O) groups excluding carboxylic acids is 1. The largest absolute Gasteiger partial charge is 0.356 e. The highest BCUT2D eigenvalue weighted by atomic mass is 16.4. The lowest BCUT2D eigenvalue weighted by molar-refractivity contribution is -0.143. The van der Waals surface area contributed by atoms with Crippen LogP contribution >= 0.6 is 0 Å². The van der Waals surface area contributed by atoms with Gasteiger partial charge in [0.05, 0.1) is 6.42 Å². The van der Waals surface area contributed by atoms with Crippen molar-refractivity contribution in [2.75, 3.05) is 0 Å². The highest BCUT2D eigenvalue weighted by Crippen LogP contribution is 2.27. The van der Waals surface area contributed by atoms with Crippen molar-refractivity contribution in [1.29, 1.82) is 0 Å². The summed E-state index contributed by atoms with van der Waals surface area (Å²) in [5.74, 6) is -1.16. The van der Waals surface area contributed by atoms with Crippen LogP contribution in [-0.4, -0.2) is 5.97 Å². The van der Waals surface area contributed by atoms with Crippen molar-refractivity contribution in [3.63, 3.8) is 0 Å². The fourth-order valence-electron chi connectivity index (χ4n) is 1.97. The van der Waals surface area contributed by atoms with E-state index in [0.717, 1.165) is 11.1 Å². The first-order valence-corrected chi connectivity index (χ1v) is 5.57. The van der Waals surface area contributed by atoms with Crippen LogP contribution in [0.3, 0.4) is 0 Å². The van der Waals surface area contributed by atoms with E-state index in [1.165, 1.54) is 0 Å². The van der Waals surface area contributed by atoms with Crippen LogP contribution in [0.5, 0.6) is 0 Å². The Hall–Kier alpha value is -2.09. The van der Waals surface area contributed by atoms with Crippen molar-refractivity contribution < 1.29 is 9.90 Å². The van der Waals surface area contributed by atoms with Gasteiger partial charge in [-0.1, -0.05) is 60.7 Å². The number of carbonyl (C=O) groups is 1. The summed E-state index contributed by atoms with van der Waals surface area (Å²) in [5, 5.41) is 10.8. The Morgan fingerprint density at radius 3 is 1.59 bits per heavy atom. The molecule has 0 bridgehead atoms. The zero-order chi connectivity index (χ0) is 12.1. The number of hydrogen-bond acceptors (Lipinski definition) is 1. The molecule has 2 rings (SSSR count).